The van der Waals surface area contributed by atoms with Crippen molar-refractivity contribution in [3.8, 4) is 0 Å². The highest BCUT2D eigenvalue weighted by molar-refractivity contribution is 5.68. The number of carbonyl (C=O) groups is 3. The van der Waals surface area contributed by atoms with Crippen LogP contribution in [0.25, 0.3) is 0 Å². The largest absolute Gasteiger partial charge is 0.444 e. The molecule has 0 bridgehead atoms. The molecule has 0 unspecified atom stereocenters. The first-order chi connectivity index (χ1) is 17.3. The van der Waals surface area contributed by atoms with Crippen molar-refractivity contribution in [2.45, 2.75) is 125 Å². The van der Waals surface area contributed by atoms with E-state index in [1.165, 1.54) is 0 Å². The van der Waals surface area contributed by atoms with Gasteiger partial charge in [-0.15, -0.1) is 0 Å². The number of hydrogen-bond donors (Lipinski definition) is 2. The molecule has 0 fully saturated rings. The summed E-state index contributed by atoms with van der Waals surface area (Å²) >= 11 is 0. The van der Waals surface area contributed by atoms with Crippen LogP contribution in [0.1, 0.15) is 102 Å². The molecule has 224 valence electrons. The van der Waals surface area contributed by atoms with Crippen LogP contribution >= 0.6 is 0 Å². The van der Waals surface area contributed by atoms with E-state index in [4.69, 9.17) is 14.2 Å². The first kappa shape index (κ1) is 35.8. The van der Waals surface area contributed by atoms with E-state index in [9.17, 15) is 14.4 Å². The summed E-state index contributed by atoms with van der Waals surface area (Å²) in [7, 11) is 0. The second kappa shape index (κ2) is 16.7. The quantitative estimate of drug-likeness (QED) is 0.218. The summed E-state index contributed by atoms with van der Waals surface area (Å²) < 4.78 is 16.1. The van der Waals surface area contributed by atoms with Crippen LogP contribution in [0.5, 0.6) is 0 Å². The Kier molecular flexibility index (Phi) is 15.7. The fourth-order valence-corrected chi connectivity index (χ4v) is 3.43. The van der Waals surface area contributed by atoms with Gasteiger partial charge in [0.15, 0.2) is 0 Å². The van der Waals surface area contributed by atoms with Gasteiger partial charge < -0.3 is 34.6 Å². The highest BCUT2D eigenvalue weighted by atomic mass is 16.6. The molecule has 0 atom stereocenters. The minimum absolute atomic E-state index is 0.344. The number of nitrogens with zero attached hydrogens (tertiary/aromatic N) is 2. The van der Waals surface area contributed by atoms with Gasteiger partial charge in [0, 0.05) is 38.8 Å². The van der Waals surface area contributed by atoms with Crippen LogP contribution in [-0.2, 0) is 14.2 Å². The van der Waals surface area contributed by atoms with Crippen molar-refractivity contribution in [2.75, 3.05) is 39.3 Å². The van der Waals surface area contributed by atoms with Crippen LogP contribution in [0.2, 0.25) is 0 Å². The van der Waals surface area contributed by atoms with E-state index in [1.54, 1.807) is 4.90 Å². The lowest BCUT2D eigenvalue weighted by Gasteiger charge is -2.29. The molecule has 0 radical (unpaired) electrons. The van der Waals surface area contributed by atoms with E-state index in [-0.39, 0.29) is 6.09 Å². The summed E-state index contributed by atoms with van der Waals surface area (Å²) in [5.41, 5.74) is -1.63. The smallest absolute Gasteiger partial charge is 0.410 e. The Hall–Kier alpha value is -2.23. The van der Waals surface area contributed by atoms with Crippen LogP contribution < -0.4 is 10.6 Å². The maximum absolute atomic E-state index is 12.8. The minimum atomic E-state index is -0.578. The Bertz CT molecular complexity index is 708. The van der Waals surface area contributed by atoms with E-state index in [2.05, 4.69) is 29.4 Å². The van der Waals surface area contributed by atoms with Gasteiger partial charge in [0.1, 0.15) is 16.8 Å². The fraction of sp³-hybridized carbons (Fsp3) is 0.893. The van der Waals surface area contributed by atoms with Crippen LogP contribution in [0.3, 0.4) is 0 Å². The van der Waals surface area contributed by atoms with Crippen molar-refractivity contribution in [1.82, 2.24) is 20.4 Å². The van der Waals surface area contributed by atoms with Gasteiger partial charge in [-0.3, -0.25) is 0 Å². The molecule has 0 aliphatic carbocycles. The van der Waals surface area contributed by atoms with E-state index >= 15 is 0 Å². The van der Waals surface area contributed by atoms with Crippen molar-refractivity contribution in [3.05, 3.63) is 0 Å². The Morgan fingerprint density at radius 2 is 0.974 bits per heavy atom. The molecule has 0 saturated heterocycles. The zero-order chi connectivity index (χ0) is 29.6. The number of hydrogen-bond acceptors (Lipinski definition) is 7. The number of unbranched alkanes of at least 4 members (excludes halogenated alkanes) is 1. The SMILES string of the molecule is CC(C)N(CCCCN(CCCNC(=O)OC(C)(C)C)C(=O)OC(C)(C)C)CCCNC(=O)OC(C)(C)C. The molecule has 0 aromatic carbocycles. The molecule has 0 rings (SSSR count). The monoisotopic (exact) mass is 544 g/mol. The van der Waals surface area contributed by atoms with Gasteiger partial charge in [-0.05, 0) is 108 Å². The number of ether oxygens (including phenoxy) is 3. The summed E-state index contributed by atoms with van der Waals surface area (Å²) in [6, 6.07) is 0.373. The highest BCUT2D eigenvalue weighted by Gasteiger charge is 2.22. The van der Waals surface area contributed by atoms with E-state index < -0.39 is 29.0 Å². The van der Waals surface area contributed by atoms with Crippen molar-refractivity contribution < 1.29 is 28.6 Å². The minimum Gasteiger partial charge on any atom is -0.444 e. The normalized spacial score (nSPS) is 12.3. The number of alkyl carbamates (subject to hydrolysis) is 2. The zero-order valence-corrected chi connectivity index (χ0v) is 26.0. The Balaban J connectivity index is 4.61. The molecule has 0 aliphatic rings. The predicted molar refractivity (Wildman–Crippen MR) is 151 cm³/mol. The summed E-state index contributed by atoms with van der Waals surface area (Å²) in [5, 5.41) is 5.55. The Morgan fingerprint density at radius 3 is 1.39 bits per heavy atom. The molecule has 0 aromatic rings. The van der Waals surface area contributed by atoms with Gasteiger partial charge in [0.05, 0.1) is 0 Å². The standard InChI is InChI=1S/C28H56N4O6/c1-22(2)31(20-14-16-29-23(33)36-26(3,4)5)18-12-13-19-32(25(35)38-28(9,10)11)21-15-17-30-24(34)37-27(6,7)8/h22H,12-21H2,1-11H3,(H,29,33)(H,30,34). The van der Waals surface area contributed by atoms with Gasteiger partial charge in [0.2, 0.25) is 0 Å². The molecule has 0 aliphatic heterocycles. The topological polar surface area (TPSA) is 109 Å². The first-order valence-corrected chi connectivity index (χ1v) is 13.9. The van der Waals surface area contributed by atoms with Crippen LogP contribution in [0, 0.1) is 0 Å². The second-order valence-electron chi connectivity index (χ2n) is 12.9. The summed E-state index contributed by atoms with van der Waals surface area (Å²) in [6.07, 6.45) is 1.98. The number of carbonyl (C=O) groups excluding carboxylic acids is 3. The van der Waals surface area contributed by atoms with E-state index in [0.717, 1.165) is 32.4 Å². The molecule has 38 heavy (non-hydrogen) atoms. The number of rotatable bonds is 14. The third kappa shape index (κ3) is 20.8. The van der Waals surface area contributed by atoms with Crippen LogP contribution in [0.4, 0.5) is 14.4 Å². The van der Waals surface area contributed by atoms with Crippen molar-refractivity contribution in [3.63, 3.8) is 0 Å². The predicted octanol–water partition coefficient (Wildman–Crippen LogP) is 5.54. The third-order valence-electron chi connectivity index (χ3n) is 5.07. The number of nitrogens with one attached hydrogen (secondary N) is 2. The zero-order valence-electron chi connectivity index (χ0n) is 26.0. The fourth-order valence-electron chi connectivity index (χ4n) is 3.43. The summed E-state index contributed by atoms with van der Waals surface area (Å²) in [4.78, 5) is 40.5. The Morgan fingerprint density at radius 1 is 0.605 bits per heavy atom. The molecule has 0 heterocycles. The van der Waals surface area contributed by atoms with Crippen LogP contribution in [-0.4, -0.2) is 90.2 Å². The highest BCUT2D eigenvalue weighted by Crippen LogP contribution is 2.12. The molecule has 0 aromatic heterocycles. The van der Waals surface area contributed by atoms with Crippen molar-refractivity contribution >= 4 is 18.3 Å². The molecule has 2 N–H and O–H groups in total. The second-order valence-corrected chi connectivity index (χ2v) is 12.9. The van der Waals surface area contributed by atoms with Gasteiger partial charge in [0.25, 0.3) is 0 Å². The molecule has 3 amide bonds. The van der Waals surface area contributed by atoms with Gasteiger partial charge in [-0.25, -0.2) is 14.4 Å². The van der Waals surface area contributed by atoms with Crippen molar-refractivity contribution in [1.29, 1.82) is 0 Å². The van der Waals surface area contributed by atoms with Gasteiger partial charge in [-0.1, -0.05) is 0 Å². The van der Waals surface area contributed by atoms with E-state index in [0.29, 0.717) is 38.6 Å². The summed E-state index contributed by atoms with van der Waals surface area (Å²) in [5.74, 6) is 0. The molecule has 0 saturated carbocycles. The maximum atomic E-state index is 12.8. The van der Waals surface area contributed by atoms with Crippen LogP contribution in [0.15, 0.2) is 0 Å². The molecular weight excluding hydrogens is 488 g/mol. The van der Waals surface area contributed by atoms with Crippen molar-refractivity contribution in [2.24, 2.45) is 0 Å². The molecule has 0 spiro atoms. The molecule has 10 nitrogen and oxygen atoms in total. The lowest BCUT2D eigenvalue weighted by Crippen LogP contribution is -2.40. The average Bonchev–Trinajstić information content (AvgIpc) is 2.69. The maximum Gasteiger partial charge on any atom is 0.410 e. The lowest BCUT2D eigenvalue weighted by molar-refractivity contribution is 0.0242. The number of amides is 3. The Labute approximate surface area is 231 Å². The van der Waals surface area contributed by atoms with E-state index in [1.807, 2.05) is 62.3 Å². The third-order valence-corrected chi connectivity index (χ3v) is 5.07. The lowest BCUT2D eigenvalue weighted by atomic mass is 10.2. The average molecular weight is 545 g/mol. The molecular formula is C28H56N4O6. The van der Waals surface area contributed by atoms with Gasteiger partial charge in [-0.2, -0.15) is 0 Å². The first-order valence-electron chi connectivity index (χ1n) is 13.9. The van der Waals surface area contributed by atoms with Gasteiger partial charge >= 0.3 is 18.3 Å². The molecule has 10 heteroatoms. The summed E-state index contributed by atoms with van der Waals surface area (Å²) in [6.45, 7) is 24.6.